The molecular weight excluding hydrogens is 212 g/mol. The van der Waals surface area contributed by atoms with E-state index in [-0.39, 0.29) is 0 Å². The van der Waals surface area contributed by atoms with E-state index in [9.17, 15) is 5.11 Å². The van der Waals surface area contributed by atoms with Crippen molar-refractivity contribution in [1.82, 2.24) is 0 Å². The molecule has 1 atom stereocenters. The van der Waals surface area contributed by atoms with Gasteiger partial charge in [-0.15, -0.1) is 0 Å². The highest BCUT2D eigenvalue weighted by molar-refractivity contribution is 5.39. The monoisotopic (exact) mass is 228 g/mol. The predicted octanol–water partition coefficient (Wildman–Crippen LogP) is 3.84. The molecule has 0 heterocycles. The quantitative estimate of drug-likeness (QED) is 0.864. The molecule has 17 heavy (non-hydrogen) atoms. The maximum Gasteiger partial charge on any atom is 0.133 e. The van der Waals surface area contributed by atoms with Crippen molar-refractivity contribution in [1.29, 1.82) is 0 Å². The van der Waals surface area contributed by atoms with Crippen molar-refractivity contribution in [2.24, 2.45) is 0 Å². The third kappa shape index (κ3) is 2.86. The molecule has 0 aliphatic rings. The molecule has 0 aliphatic heterocycles. The third-order valence-electron chi connectivity index (χ3n) is 2.62. The number of aliphatic hydroxyl groups excluding tert-OH is 1. The fourth-order valence-electron chi connectivity index (χ4n) is 1.65. The van der Waals surface area contributed by atoms with Gasteiger partial charge in [0.25, 0.3) is 0 Å². The molecule has 0 saturated carbocycles. The van der Waals surface area contributed by atoms with E-state index in [0.29, 0.717) is 5.75 Å². The van der Waals surface area contributed by atoms with Crippen molar-refractivity contribution in [2.75, 3.05) is 0 Å². The summed E-state index contributed by atoms with van der Waals surface area (Å²) in [6, 6.07) is 15.4. The summed E-state index contributed by atoms with van der Waals surface area (Å²) in [4.78, 5) is 0. The van der Waals surface area contributed by atoms with Gasteiger partial charge in [-0.2, -0.15) is 0 Å². The predicted molar refractivity (Wildman–Crippen MR) is 68.3 cm³/mol. The van der Waals surface area contributed by atoms with Gasteiger partial charge in [-0.25, -0.2) is 0 Å². The lowest BCUT2D eigenvalue weighted by Crippen LogP contribution is -1.95. The van der Waals surface area contributed by atoms with Crippen LogP contribution in [0, 0.1) is 6.92 Å². The smallest absolute Gasteiger partial charge is 0.133 e. The molecule has 0 fully saturated rings. The van der Waals surface area contributed by atoms with Crippen molar-refractivity contribution in [3.8, 4) is 11.5 Å². The molecule has 0 aliphatic carbocycles. The Kier molecular flexibility index (Phi) is 3.45. The lowest BCUT2D eigenvalue weighted by molar-refractivity contribution is 0.195. The van der Waals surface area contributed by atoms with Crippen molar-refractivity contribution in [2.45, 2.75) is 20.0 Å². The molecule has 2 aromatic carbocycles. The van der Waals surface area contributed by atoms with Crippen LogP contribution in [0.4, 0.5) is 0 Å². The number of benzene rings is 2. The topological polar surface area (TPSA) is 29.5 Å². The average molecular weight is 228 g/mol. The highest BCUT2D eigenvalue weighted by Gasteiger charge is 2.08. The van der Waals surface area contributed by atoms with Crippen LogP contribution in [0.3, 0.4) is 0 Å². The maximum atomic E-state index is 9.65. The zero-order valence-corrected chi connectivity index (χ0v) is 10.1. The summed E-state index contributed by atoms with van der Waals surface area (Å²) < 4.78 is 5.77. The Labute approximate surface area is 101 Å². The minimum atomic E-state index is -0.531. The minimum Gasteiger partial charge on any atom is -0.457 e. The molecule has 2 aromatic rings. The summed E-state index contributed by atoms with van der Waals surface area (Å²) in [7, 11) is 0. The molecule has 2 rings (SSSR count). The Morgan fingerprint density at radius 1 is 1.00 bits per heavy atom. The second kappa shape index (κ2) is 5.02. The number of rotatable bonds is 3. The normalized spacial score (nSPS) is 12.2. The van der Waals surface area contributed by atoms with Crippen LogP contribution >= 0.6 is 0 Å². The first kappa shape index (κ1) is 11.7. The third-order valence-corrected chi connectivity index (χ3v) is 2.62. The fraction of sp³-hybridized carbons (Fsp3) is 0.200. The summed E-state index contributed by atoms with van der Waals surface area (Å²) in [5.41, 5.74) is 1.99. The Bertz CT molecular complexity index is 487. The Morgan fingerprint density at radius 2 is 1.65 bits per heavy atom. The number of para-hydroxylation sites is 1. The fourth-order valence-corrected chi connectivity index (χ4v) is 1.65. The number of hydrogen-bond donors (Lipinski definition) is 1. The summed E-state index contributed by atoms with van der Waals surface area (Å²) in [6.07, 6.45) is -0.531. The van der Waals surface area contributed by atoms with E-state index in [1.165, 1.54) is 5.56 Å². The zero-order chi connectivity index (χ0) is 12.3. The zero-order valence-electron chi connectivity index (χ0n) is 10.1. The van der Waals surface area contributed by atoms with Crippen molar-refractivity contribution < 1.29 is 9.84 Å². The Hall–Kier alpha value is -1.80. The van der Waals surface area contributed by atoms with E-state index < -0.39 is 6.10 Å². The van der Waals surface area contributed by atoms with Crippen LogP contribution in [0.25, 0.3) is 0 Å². The molecule has 1 N–H and O–H groups in total. The minimum absolute atomic E-state index is 0.531. The molecule has 0 spiro atoms. The summed E-state index contributed by atoms with van der Waals surface area (Å²) >= 11 is 0. The van der Waals surface area contributed by atoms with E-state index in [0.717, 1.165) is 11.3 Å². The highest BCUT2D eigenvalue weighted by atomic mass is 16.5. The van der Waals surface area contributed by atoms with Gasteiger partial charge in [0.2, 0.25) is 0 Å². The van der Waals surface area contributed by atoms with Crippen LogP contribution in [0.15, 0.2) is 48.5 Å². The van der Waals surface area contributed by atoms with Crippen molar-refractivity contribution >= 4 is 0 Å². The average Bonchev–Trinajstić information content (AvgIpc) is 2.32. The lowest BCUT2D eigenvalue weighted by Gasteiger charge is -2.12. The Balaban J connectivity index is 2.26. The van der Waals surface area contributed by atoms with Gasteiger partial charge in [-0.3, -0.25) is 0 Å². The van der Waals surface area contributed by atoms with Gasteiger partial charge in [0.05, 0.1) is 6.10 Å². The van der Waals surface area contributed by atoms with Crippen LogP contribution in [0.1, 0.15) is 24.2 Å². The van der Waals surface area contributed by atoms with Crippen LogP contribution < -0.4 is 4.74 Å². The molecule has 0 radical (unpaired) electrons. The van der Waals surface area contributed by atoms with E-state index in [2.05, 4.69) is 0 Å². The van der Waals surface area contributed by atoms with Gasteiger partial charge in [0.15, 0.2) is 0 Å². The van der Waals surface area contributed by atoms with E-state index in [4.69, 9.17) is 4.74 Å². The molecule has 2 heteroatoms. The lowest BCUT2D eigenvalue weighted by atomic mass is 10.1. The number of ether oxygens (including phenoxy) is 1. The van der Waals surface area contributed by atoms with Gasteiger partial charge < -0.3 is 9.84 Å². The molecule has 88 valence electrons. The number of aliphatic hydroxyl groups is 1. The van der Waals surface area contributed by atoms with Gasteiger partial charge >= 0.3 is 0 Å². The largest absolute Gasteiger partial charge is 0.457 e. The van der Waals surface area contributed by atoms with Crippen LogP contribution in [0.5, 0.6) is 11.5 Å². The second-order valence-electron chi connectivity index (χ2n) is 4.13. The molecule has 0 amide bonds. The number of hydrogen-bond acceptors (Lipinski definition) is 2. The van der Waals surface area contributed by atoms with Gasteiger partial charge in [0.1, 0.15) is 11.5 Å². The second-order valence-corrected chi connectivity index (χ2v) is 4.13. The standard InChI is InChI=1S/C15H16O2/c1-11-7-9-13(10-8-11)17-15-6-4-3-5-14(15)12(2)16/h3-10,12,16H,1-2H3/t12-/m0/s1. The SMILES string of the molecule is Cc1ccc(Oc2ccccc2[C@H](C)O)cc1. The first-order valence-electron chi connectivity index (χ1n) is 5.68. The summed E-state index contributed by atoms with van der Waals surface area (Å²) in [6.45, 7) is 3.77. The van der Waals surface area contributed by atoms with Gasteiger partial charge in [-0.1, -0.05) is 35.9 Å². The Morgan fingerprint density at radius 3 is 2.29 bits per heavy atom. The maximum absolute atomic E-state index is 9.65. The van der Waals surface area contributed by atoms with E-state index in [1.54, 1.807) is 6.92 Å². The van der Waals surface area contributed by atoms with Gasteiger partial charge in [0, 0.05) is 5.56 Å². The molecule has 0 saturated heterocycles. The molecule has 0 aromatic heterocycles. The van der Waals surface area contributed by atoms with Crippen molar-refractivity contribution in [3.05, 3.63) is 59.7 Å². The molecular formula is C15H16O2. The van der Waals surface area contributed by atoms with Gasteiger partial charge in [-0.05, 0) is 32.0 Å². The van der Waals surface area contributed by atoms with Crippen LogP contribution in [-0.4, -0.2) is 5.11 Å². The first-order valence-corrected chi connectivity index (χ1v) is 5.68. The molecule has 0 unspecified atom stereocenters. The van der Waals surface area contributed by atoms with Crippen LogP contribution in [-0.2, 0) is 0 Å². The molecule has 0 bridgehead atoms. The van der Waals surface area contributed by atoms with E-state index >= 15 is 0 Å². The van der Waals surface area contributed by atoms with Crippen molar-refractivity contribution in [3.63, 3.8) is 0 Å². The summed E-state index contributed by atoms with van der Waals surface area (Å²) in [5.74, 6) is 1.48. The van der Waals surface area contributed by atoms with E-state index in [1.807, 2.05) is 55.5 Å². The van der Waals surface area contributed by atoms with Crippen LogP contribution in [0.2, 0.25) is 0 Å². The summed E-state index contributed by atoms with van der Waals surface area (Å²) in [5, 5.41) is 9.65. The number of aryl methyl sites for hydroxylation is 1. The highest BCUT2D eigenvalue weighted by Crippen LogP contribution is 2.29. The molecule has 2 nitrogen and oxygen atoms in total. The first-order chi connectivity index (χ1) is 8.16.